The van der Waals surface area contributed by atoms with E-state index in [0.717, 1.165) is 4.88 Å². The summed E-state index contributed by atoms with van der Waals surface area (Å²) in [6.45, 7) is 1.65. The van der Waals surface area contributed by atoms with Gasteiger partial charge >= 0.3 is 11.9 Å². The molecular formula is C14H16N2O6S. The van der Waals surface area contributed by atoms with E-state index >= 15 is 0 Å². The fourth-order valence-electron chi connectivity index (χ4n) is 1.92. The van der Waals surface area contributed by atoms with Crippen molar-refractivity contribution < 1.29 is 29.1 Å². The largest absolute Gasteiger partial charge is 0.480 e. The third kappa shape index (κ3) is 3.88. The molecule has 23 heavy (non-hydrogen) atoms. The summed E-state index contributed by atoms with van der Waals surface area (Å²) in [4.78, 5) is 22.9. The van der Waals surface area contributed by atoms with E-state index in [1.54, 1.807) is 19.1 Å². The molecule has 0 aromatic carbocycles. The minimum Gasteiger partial charge on any atom is -0.480 e. The summed E-state index contributed by atoms with van der Waals surface area (Å²) in [6, 6.07) is 2.40. The zero-order valence-electron chi connectivity index (χ0n) is 12.3. The summed E-state index contributed by atoms with van der Waals surface area (Å²) in [6.07, 6.45) is -0.964. The molecule has 9 heteroatoms. The Balaban J connectivity index is 2.38. The van der Waals surface area contributed by atoms with Gasteiger partial charge in [0.05, 0.1) is 10.4 Å². The fraction of sp³-hybridized carbons (Fsp3) is 0.357. The Morgan fingerprint density at radius 3 is 2.70 bits per heavy atom. The molecule has 2 heterocycles. The number of rotatable bonds is 8. The van der Waals surface area contributed by atoms with Crippen molar-refractivity contribution in [3.8, 4) is 16.5 Å². The van der Waals surface area contributed by atoms with Gasteiger partial charge in [0, 0.05) is 6.42 Å². The zero-order chi connectivity index (χ0) is 17.0. The molecule has 0 bridgehead atoms. The normalized spacial score (nSPS) is 13.5. The van der Waals surface area contributed by atoms with Crippen LogP contribution in [0.25, 0.3) is 10.6 Å². The molecular weight excluding hydrogens is 324 g/mol. The van der Waals surface area contributed by atoms with Crippen LogP contribution in [0.4, 0.5) is 0 Å². The predicted molar refractivity (Wildman–Crippen MR) is 81.5 cm³/mol. The smallest absolute Gasteiger partial charge is 0.344 e. The first-order valence-electron chi connectivity index (χ1n) is 6.84. The number of aliphatic carboxylic acids is 2. The summed E-state index contributed by atoms with van der Waals surface area (Å²) in [5.74, 6) is -2.02. The lowest BCUT2D eigenvalue weighted by Gasteiger charge is -2.12. The minimum atomic E-state index is -1.18. The van der Waals surface area contributed by atoms with Gasteiger partial charge in [0.1, 0.15) is 6.04 Å². The van der Waals surface area contributed by atoms with Gasteiger partial charge in [0.25, 0.3) is 5.88 Å². The molecule has 0 aliphatic carbocycles. The second kappa shape index (κ2) is 7.25. The standard InChI is InChI=1S/C14H16N2O6S/c1-2-9(14(19)20)21-12-7(6-8(15)13(17)18)11(22-16-12)10-4-3-5-23-10/h3-5,8-9H,2,6,15H2,1H3,(H,17,18)(H,19,20). The van der Waals surface area contributed by atoms with Crippen molar-refractivity contribution in [2.75, 3.05) is 0 Å². The highest BCUT2D eigenvalue weighted by Crippen LogP contribution is 2.34. The quantitative estimate of drug-likeness (QED) is 0.659. The van der Waals surface area contributed by atoms with E-state index < -0.39 is 24.1 Å². The summed E-state index contributed by atoms with van der Waals surface area (Å²) in [5, 5.41) is 23.7. The first-order chi connectivity index (χ1) is 10.9. The topological polar surface area (TPSA) is 136 Å². The Labute approximate surface area is 135 Å². The summed E-state index contributed by atoms with van der Waals surface area (Å²) >= 11 is 1.38. The van der Waals surface area contributed by atoms with Gasteiger partial charge in [-0.15, -0.1) is 11.3 Å². The van der Waals surface area contributed by atoms with E-state index in [1.807, 2.05) is 5.38 Å². The van der Waals surface area contributed by atoms with Crippen LogP contribution in [0.3, 0.4) is 0 Å². The van der Waals surface area contributed by atoms with E-state index in [2.05, 4.69) is 5.16 Å². The second-order valence-electron chi connectivity index (χ2n) is 4.77. The molecule has 2 aromatic rings. The van der Waals surface area contributed by atoms with Crippen LogP contribution in [-0.4, -0.2) is 39.5 Å². The van der Waals surface area contributed by atoms with Gasteiger partial charge in [-0.25, -0.2) is 4.79 Å². The number of thiophene rings is 1. The lowest BCUT2D eigenvalue weighted by molar-refractivity contribution is -0.145. The Kier molecular flexibility index (Phi) is 5.35. The van der Waals surface area contributed by atoms with E-state index in [1.165, 1.54) is 11.3 Å². The van der Waals surface area contributed by atoms with E-state index in [9.17, 15) is 9.59 Å². The first kappa shape index (κ1) is 17.0. The van der Waals surface area contributed by atoms with Crippen LogP contribution in [0.5, 0.6) is 5.88 Å². The van der Waals surface area contributed by atoms with Crippen LogP contribution in [0.1, 0.15) is 18.9 Å². The van der Waals surface area contributed by atoms with Gasteiger partial charge < -0.3 is 25.2 Å². The number of carbonyl (C=O) groups is 2. The van der Waals surface area contributed by atoms with Crippen molar-refractivity contribution in [1.82, 2.24) is 5.16 Å². The highest BCUT2D eigenvalue weighted by atomic mass is 32.1. The monoisotopic (exact) mass is 340 g/mol. The molecule has 4 N–H and O–H groups in total. The Morgan fingerprint density at radius 1 is 1.43 bits per heavy atom. The van der Waals surface area contributed by atoms with Gasteiger partial charge in [-0.3, -0.25) is 4.79 Å². The molecule has 2 unspecified atom stereocenters. The molecule has 0 saturated carbocycles. The predicted octanol–water partition coefficient (Wildman–Crippen LogP) is 1.60. The molecule has 0 spiro atoms. The maximum absolute atomic E-state index is 11.1. The lowest BCUT2D eigenvalue weighted by Crippen LogP contribution is -2.33. The molecule has 8 nitrogen and oxygen atoms in total. The molecule has 2 atom stereocenters. The number of carboxylic acids is 2. The number of nitrogens with zero attached hydrogens (tertiary/aromatic N) is 1. The van der Waals surface area contributed by atoms with Crippen LogP contribution in [0.2, 0.25) is 0 Å². The zero-order valence-corrected chi connectivity index (χ0v) is 13.1. The van der Waals surface area contributed by atoms with Crippen LogP contribution in [-0.2, 0) is 16.0 Å². The van der Waals surface area contributed by atoms with Crippen molar-refractivity contribution in [2.45, 2.75) is 31.9 Å². The van der Waals surface area contributed by atoms with Gasteiger partial charge in [-0.05, 0) is 23.0 Å². The third-order valence-corrected chi connectivity index (χ3v) is 4.01. The summed E-state index contributed by atoms with van der Waals surface area (Å²) < 4.78 is 10.6. The molecule has 0 radical (unpaired) electrons. The highest BCUT2D eigenvalue weighted by Gasteiger charge is 2.27. The van der Waals surface area contributed by atoms with Gasteiger partial charge in [-0.1, -0.05) is 13.0 Å². The highest BCUT2D eigenvalue weighted by molar-refractivity contribution is 7.13. The third-order valence-electron chi connectivity index (χ3n) is 3.14. The molecule has 0 aliphatic heterocycles. The summed E-state index contributed by atoms with van der Waals surface area (Å²) in [5.41, 5.74) is 5.93. The van der Waals surface area contributed by atoms with Crippen molar-refractivity contribution in [1.29, 1.82) is 0 Å². The van der Waals surface area contributed by atoms with Crippen LogP contribution >= 0.6 is 11.3 Å². The van der Waals surface area contributed by atoms with E-state index in [0.29, 0.717) is 11.3 Å². The average molecular weight is 340 g/mol. The van der Waals surface area contributed by atoms with Gasteiger partial charge in [0.15, 0.2) is 11.9 Å². The number of aromatic nitrogens is 1. The Morgan fingerprint density at radius 2 is 2.17 bits per heavy atom. The SMILES string of the molecule is CCC(Oc1noc(-c2cccs2)c1CC(N)C(=O)O)C(=O)O. The first-order valence-corrected chi connectivity index (χ1v) is 7.72. The van der Waals surface area contributed by atoms with E-state index in [-0.39, 0.29) is 18.7 Å². The molecule has 0 saturated heterocycles. The molecule has 2 rings (SSSR count). The average Bonchev–Trinajstić information content (AvgIpc) is 3.13. The van der Waals surface area contributed by atoms with Gasteiger partial charge in [-0.2, -0.15) is 0 Å². The van der Waals surface area contributed by atoms with Crippen LogP contribution in [0, 0.1) is 0 Å². The van der Waals surface area contributed by atoms with Crippen molar-refractivity contribution in [2.24, 2.45) is 5.73 Å². The fourth-order valence-corrected chi connectivity index (χ4v) is 2.65. The molecule has 2 aromatic heterocycles. The number of carboxylic acid groups (broad SMARTS) is 2. The van der Waals surface area contributed by atoms with Crippen LogP contribution in [0.15, 0.2) is 22.0 Å². The van der Waals surface area contributed by atoms with Crippen molar-refractivity contribution in [3.05, 3.63) is 23.1 Å². The molecule has 124 valence electrons. The maximum atomic E-state index is 11.1. The van der Waals surface area contributed by atoms with Gasteiger partial charge in [0.2, 0.25) is 0 Å². The molecule has 0 aliphatic rings. The van der Waals surface area contributed by atoms with E-state index in [4.69, 9.17) is 25.2 Å². The lowest BCUT2D eigenvalue weighted by atomic mass is 10.1. The summed E-state index contributed by atoms with van der Waals surface area (Å²) in [7, 11) is 0. The number of nitrogens with two attached hydrogens (primary N) is 1. The Bertz CT molecular complexity index is 682. The molecule has 0 fully saturated rings. The van der Waals surface area contributed by atoms with Crippen molar-refractivity contribution in [3.63, 3.8) is 0 Å². The number of hydrogen-bond donors (Lipinski definition) is 3. The minimum absolute atomic E-state index is 0.0423. The maximum Gasteiger partial charge on any atom is 0.344 e. The number of hydrogen-bond acceptors (Lipinski definition) is 7. The van der Waals surface area contributed by atoms with Crippen molar-refractivity contribution >= 4 is 23.3 Å². The Hall–Kier alpha value is -2.39. The van der Waals surface area contributed by atoms with Crippen LogP contribution < -0.4 is 10.5 Å². The second-order valence-corrected chi connectivity index (χ2v) is 5.72. The number of ether oxygens (including phenoxy) is 1. The molecule has 0 amide bonds.